The zero-order valence-corrected chi connectivity index (χ0v) is 14.5. The van der Waals surface area contributed by atoms with E-state index in [1.54, 1.807) is 22.8 Å². The molecule has 0 spiro atoms. The largest absolute Gasteiger partial charge is 0.326 e. The van der Waals surface area contributed by atoms with Gasteiger partial charge in [0.25, 0.3) is 5.56 Å². The zero-order valence-electron chi connectivity index (χ0n) is 14.5. The second kappa shape index (κ2) is 6.59. The molecule has 1 amide bonds. The minimum atomic E-state index is -0.149. The predicted octanol–water partition coefficient (Wildman–Crippen LogP) is 3.69. The van der Waals surface area contributed by atoms with Gasteiger partial charge >= 0.3 is 0 Å². The molecule has 5 nitrogen and oxygen atoms in total. The molecule has 0 radical (unpaired) electrons. The normalized spacial score (nSPS) is 15.0. The van der Waals surface area contributed by atoms with Gasteiger partial charge in [0.05, 0.1) is 10.9 Å². The van der Waals surface area contributed by atoms with Gasteiger partial charge in [-0.3, -0.25) is 14.2 Å². The third-order valence-corrected chi connectivity index (χ3v) is 4.53. The molecule has 0 atom stereocenters. The van der Waals surface area contributed by atoms with Crippen LogP contribution in [-0.2, 0) is 11.3 Å². The average molecular weight is 345 g/mol. The van der Waals surface area contributed by atoms with E-state index in [0.29, 0.717) is 23.1 Å². The lowest BCUT2D eigenvalue weighted by Gasteiger charge is -2.21. The maximum absolute atomic E-state index is 12.9. The summed E-state index contributed by atoms with van der Waals surface area (Å²) < 4.78 is 1.76. The highest BCUT2D eigenvalue weighted by Gasteiger charge is 2.19. The van der Waals surface area contributed by atoms with Crippen molar-refractivity contribution in [1.29, 1.82) is 0 Å². The maximum atomic E-state index is 12.9. The first kappa shape index (κ1) is 16.3. The summed E-state index contributed by atoms with van der Waals surface area (Å²) in [6.45, 7) is 2.14. The van der Waals surface area contributed by atoms with Crippen molar-refractivity contribution in [3.8, 4) is 0 Å². The molecule has 26 heavy (non-hydrogen) atoms. The van der Waals surface area contributed by atoms with Crippen LogP contribution in [0.2, 0.25) is 0 Å². The highest BCUT2D eigenvalue weighted by atomic mass is 16.1. The number of benzene rings is 2. The van der Waals surface area contributed by atoms with E-state index >= 15 is 0 Å². The molecule has 2 heterocycles. The highest BCUT2D eigenvalue weighted by molar-refractivity contribution is 5.92. The molecule has 3 aromatic rings. The van der Waals surface area contributed by atoms with Crippen molar-refractivity contribution >= 4 is 34.1 Å². The number of aromatic nitrogens is 2. The first-order chi connectivity index (χ1) is 12.6. The van der Waals surface area contributed by atoms with Crippen LogP contribution < -0.4 is 10.9 Å². The molecule has 0 unspecified atom stereocenters. The van der Waals surface area contributed by atoms with Crippen molar-refractivity contribution in [3.05, 3.63) is 70.3 Å². The number of nitrogens with zero attached hydrogens (tertiary/aromatic N) is 2. The molecule has 0 saturated heterocycles. The van der Waals surface area contributed by atoms with Crippen LogP contribution in [-0.4, -0.2) is 15.5 Å². The van der Waals surface area contributed by atoms with Crippen LogP contribution in [0.3, 0.4) is 0 Å². The van der Waals surface area contributed by atoms with Gasteiger partial charge in [0.15, 0.2) is 0 Å². The summed E-state index contributed by atoms with van der Waals surface area (Å²) in [6.07, 6.45) is 3.90. The molecule has 0 aliphatic carbocycles. The monoisotopic (exact) mass is 345 g/mol. The summed E-state index contributed by atoms with van der Waals surface area (Å²) in [5.74, 6) is 0.571. The topological polar surface area (TPSA) is 64.0 Å². The number of nitrogens with one attached hydrogen (secondary N) is 1. The van der Waals surface area contributed by atoms with Gasteiger partial charge in [-0.1, -0.05) is 30.3 Å². The van der Waals surface area contributed by atoms with Crippen LogP contribution >= 0.6 is 0 Å². The van der Waals surface area contributed by atoms with Crippen molar-refractivity contribution in [2.24, 2.45) is 0 Å². The second-order valence-corrected chi connectivity index (χ2v) is 6.49. The van der Waals surface area contributed by atoms with Crippen LogP contribution in [0.4, 0.5) is 5.69 Å². The Kier molecular flexibility index (Phi) is 4.13. The maximum Gasteiger partial charge on any atom is 0.261 e. The third kappa shape index (κ3) is 3.04. The Balaban J connectivity index is 1.88. The van der Waals surface area contributed by atoms with Crippen LogP contribution in [0, 0.1) is 0 Å². The molecular formula is C21H19N3O2. The fourth-order valence-electron chi connectivity index (χ4n) is 3.38. The number of hydrogen-bond acceptors (Lipinski definition) is 3. The Labute approximate surface area is 151 Å². The van der Waals surface area contributed by atoms with Crippen LogP contribution in [0.15, 0.2) is 53.3 Å². The van der Waals surface area contributed by atoms with E-state index in [-0.39, 0.29) is 11.5 Å². The average Bonchev–Trinajstić information content (AvgIpc) is 2.63. The number of anilines is 1. The van der Waals surface area contributed by atoms with E-state index in [1.165, 1.54) is 6.92 Å². The van der Waals surface area contributed by atoms with Gasteiger partial charge in [0.2, 0.25) is 5.91 Å². The van der Waals surface area contributed by atoms with Gasteiger partial charge < -0.3 is 5.32 Å². The van der Waals surface area contributed by atoms with Crippen molar-refractivity contribution in [2.45, 2.75) is 26.3 Å². The highest BCUT2D eigenvalue weighted by Crippen LogP contribution is 2.27. The first-order valence-electron chi connectivity index (χ1n) is 8.70. The lowest BCUT2D eigenvalue weighted by molar-refractivity contribution is -0.114. The molecule has 1 aliphatic heterocycles. The number of fused-ring (bicyclic) bond motifs is 2. The molecule has 1 aliphatic rings. The Morgan fingerprint density at radius 3 is 2.77 bits per heavy atom. The second-order valence-electron chi connectivity index (χ2n) is 6.49. The molecule has 0 fully saturated rings. The van der Waals surface area contributed by atoms with Crippen molar-refractivity contribution in [2.75, 3.05) is 5.32 Å². The molecule has 1 N–H and O–H groups in total. The summed E-state index contributed by atoms with van der Waals surface area (Å²) in [6, 6.07) is 15.3. The molecule has 5 heteroatoms. The molecular weight excluding hydrogens is 326 g/mol. The number of carbonyl (C=O) groups is 1. The van der Waals surface area contributed by atoms with E-state index in [1.807, 2.05) is 30.3 Å². The molecule has 130 valence electrons. The minimum Gasteiger partial charge on any atom is -0.326 e. The van der Waals surface area contributed by atoms with Gasteiger partial charge in [0.1, 0.15) is 5.82 Å². The molecule has 2 aromatic carbocycles. The van der Waals surface area contributed by atoms with E-state index in [9.17, 15) is 9.59 Å². The standard InChI is InChI=1S/C21H19N3O2/c1-14(25)22-17-9-10-18-19(13-17)23-20-16(8-5-11-24(20)21(18)26)12-15-6-3-2-4-7-15/h2-4,6-7,9-10,12-13H,5,8,11H2,1H3,(H,22,25). The van der Waals surface area contributed by atoms with Crippen LogP contribution in [0.1, 0.15) is 31.2 Å². The van der Waals surface area contributed by atoms with Gasteiger partial charge in [-0.25, -0.2) is 4.98 Å². The number of amides is 1. The summed E-state index contributed by atoms with van der Waals surface area (Å²) in [5, 5.41) is 3.32. The van der Waals surface area contributed by atoms with E-state index in [0.717, 1.165) is 29.8 Å². The Bertz CT molecular complexity index is 1080. The summed E-state index contributed by atoms with van der Waals surface area (Å²) in [4.78, 5) is 29.0. The quantitative estimate of drug-likeness (QED) is 0.770. The molecule has 1 aromatic heterocycles. The summed E-state index contributed by atoms with van der Waals surface area (Å²) in [7, 11) is 0. The van der Waals surface area contributed by atoms with Gasteiger partial charge in [-0.2, -0.15) is 0 Å². The lowest BCUT2D eigenvalue weighted by atomic mass is 10.0. The number of rotatable bonds is 2. The Morgan fingerprint density at radius 2 is 2.00 bits per heavy atom. The number of hydrogen-bond donors (Lipinski definition) is 1. The van der Waals surface area contributed by atoms with Crippen molar-refractivity contribution in [3.63, 3.8) is 0 Å². The zero-order chi connectivity index (χ0) is 18.1. The van der Waals surface area contributed by atoms with Crippen LogP contribution in [0.25, 0.3) is 22.6 Å². The Morgan fingerprint density at radius 1 is 1.19 bits per heavy atom. The number of carbonyl (C=O) groups excluding carboxylic acids is 1. The minimum absolute atomic E-state index is 0.0296. The SMILES string of the molecule is CC(=O)Nc1ccc2c(=O)n3c(nc2c1)C(=Cc1ccccc1)CCC3. The van der Waals surface area contributed by atoms with Crippen molar-refractivity contribution in [1.82, 2.24) is 9.55 Å². The smallest absolute Gasteiger partial charge is 0.261 e. The van der Waals surface area contributed by atoms with Crippen LogP contribution in [0.5, 0.6) is 0 Å². The fourth-order valence-corrected chi connectivity index (χ4v) is 3.38. The molecule has 4 rings (SSSR count). The predicted molar refractivity (Wildman–Crippen MR) is 104 cm³/mol. The third-order valence-electron chi connectivity index (χ3n) is 4.53. The molecule has 0 saturated carbocycles. The van der Waals surface area contributed by atoms with Gasteiger partial charge in [0, 0.05) is 19.2 Å². The Hall–Kier alpha value is -3.21. The summed E-state index contributed by atoms with van der Waals surface area (Å²) >= 11 is 0. The fraction of sp³-hybridized carbons (Fsp3) is 0.190. The van der Waals surface area contributed by atoms with E-state index < -0.39 is 0 Å². The van der Waals surface area contributed by atoms with E-state index in [4.69, 9.17) is 4.98 Å². The molecule has 0 bridgehead atoms. The van der Waals surface area contributed by atoms with Crippen molar-refractivity contribution < 1.29 is 4.79 Å². The van der Waals surface area contributed by atoms with Gasteiger partial charge in [-0.05, 0) is 48.3 Å². The van der Waals surface area contributed by atoms with Gasteiger partial charge in [-0.15, -0.1) is 0 Å². The first-order valence-corrected chi connectivity index (χ1v) is 8.70. The number of allylic oxidation sites excluding steroid dienone is 1. The van der Waals surface area contributed by atoms with E-state index in [2.05, 4.69) is 11.4 Å². The summed E-state index contributed by atoms with van der Waals surface area (Å²) in [5.41, 5.74) is 3.38. The lowest BCUT2D eigenvalue weighted by Crippen LogP contribution is -2.28.